The van der Waals surface area contributed by atoms with Crippen LogP contribution in [0.5, 0.6) is 5.75 Å². The minimum atomic E-state index is -0.439. The Morgan fingerprint density at radius 1 is 1.13 bits per heavy atom. The third kappa shape index (κ3) is 4.54. The van der Waals surface area contributed by atoms with E-state index in [2.05, 4.69) is 15.6 Å². The van der Waals surface area contributed by atoms with Gasteiger partial charge in [0.1, 0.15) is 23.9 Å². The number of carbonyl (C=O) groups is 1. The molecule has 0 aliphatic carbocycles. The Balaban J connectivity index is 1.42. The number of hydrogen-bond acceptors (Lipinski definition) is 5. The van der Waals surface area contributed by atoms with Gasteiger partial charge in [-0.1, -0.05) is 35.5 Å². The van der Waals surface area contributed by atoms with Crippen molar-refractivity contribution in [1.29, 1.82) is 0 Å². The molecule has 1 N–H and O–H groups in total. The van der Waals surface area contributed by atoms with Crippen molar-refractivity contribution in [2.75, 3.05) is 5.32 Å². The lowest BCUT2D eigenvalue weighted by molar-refractivity contribution is 0.101. The van der Waals surface area contributed by atoms with Crippen molar-refractivity contribution in [3.05, 3.63) is 95.3 Å². The van der Waals surface area contributed by atoms with Crippen LogP contribution in [0.1, 0.15) is 27.4 Å². The van der Waals surface area contributed by atoms with Gasteiger partial charge in [0.05, 0.1) is 12.1 Å². The fourth-order valence-corrected chi connectivity index (χ4v) is 2.88. The standard InChI is InChI=1S/C22H19FN4O3/c1-15-19(14-29-18-5-3-2-4-6-18)21(26-30-15)22(28)24-20-11-12-27(25-20)13-16-7-9-17(23)10-8-16/h2-12H,13-14H2,1H3,(H,24,25,28). The van der Waals surface area contributed by atoms with Crippen molar-refractivity contribution in [1.82, 2.24) is 14.9 Å². The number of amides is 1. The molecule has 4 aromatic rings. The van der Waals surface area contributed by atoms with Gasteiger partial charge in [-0.25, -0.2) is 4.39 Å². The molecule has 0 bridgehead atoms. The van der Waals surface area contributed by atoms with Crippen LogP contribution in [-0.2, 0) is 13.2 Å². The van der Waals surface area contributed by atoms with E-state index in [1.807, 2.05) is 30.3 Å². The fraction of sp³-hybridized carbons (Fsp3) is 0.136. The maximum absolute atomic E-state index is 13.0. The van der Waals surface area contributed by atoms with Crippen LogP contribution in [-0.4, -0.2) is 20.8 Å². The lowest BCUT2D eigenvalue weighted by Crippen LogP contribution is -2.16. The van der Waals surface area contributed by atoms with Crippen molar-refractivity contribution in [2.45, 2.75) is 20.1 Å². The largest absolute Gasteiger partial charge is 0.489 e. The highest BCUT2D eigenvalue weighted by Gasteiger charge is 2.21. The monoisotopic (exact) mass is 406 g/mol. The predicted molar refractivity (Wildman–Crippen MR) is 108 cm³/mol. The normalized spacial score (nSPS) is 10.7. The first-order valence-corrected chi connectivity index (χ1v) is 9.31. The summed E-state index contributed by atoms with van der Waals surface area (Å²) in [5.41, 5.74) is 1.61. The molecule has 0 fully saturated rings. The number of carbonyl (C=O) groups excluding carboxylic acids is 1. The first-order chi connectivity index (χ1) is 14.6. The van der Waals surface area contributed by atoms with Gasteiger partial charge in [0, 0.05) is 12.3 Å². The second-order valence-corrected chi connectivity index (χ2v) is 6.65. The third-order valence-corrected chi connectivity index (χ3v) is 4.47. The Kier molecular flexibility index (Phi) is 5.56. The van der Waals surface area contributed by atoms with Crippen molar-refractivity contribution in [2.24, 2.45) is 0 Å². The van der Waals surface area contributed by atoms with Crippen LogP contribution in [0.2, 0.25) is 0 Å². The summed E-state index contributed by atoms with van der Waals surface area (Å²) in [6.45, 7) is 2.33. The van der Waals surface area contributed by atoms with E-state index >= 15 is 0 Å². The minimum Gasteiger partial charge on any atom is -0.489 e. The van der Waals surface area contributed by atoms with Crippen LogP contribution < -0.4 is 10.1 Å². The second kappa shape index (κ2) is 8.60. The van der Waals surface area contributed by atoms with Gasteiger partial charge in [-0.15, -0.1) is 0 Å². The van der Waals surface area contributed by atoms with Crippen LogP contribution in [0, 0.1) is 12.7 Å². The van der Waals surface area contributed by atoms with Gasteiger partial charge >= 0.3 is 0 Å². The van der Waals surface area contributed by atoms with Crippen molar-refractivity contribution < 1.29 is 18.4 Å². The van der Waals surface area contributed by atoms with E-state index in [0.29, 0.717) is 29.4 Å². The number of aromatic nitrogens is 3. The first-order valence-electron chi connectivity index (χ1n) is 9.31. The number of aryl methyl sites for hydroxylation is 1. The number of anilines is 1. The van der Waals surface area contributed by atoms with Gasteiger partial charge < -0.3 is 14.6 Å². The van der Waals surface area contributed by atoms with Crippen molar-refractivity contribution in [3.8, 4) is 5.75 Å². The molecule has 7 nitrogen and oxygen atoms in total. The Morgan fingerprint density at radius 3 is 2.67 bits per heavy atom. The first kappa shape index (κ1) is 19.4. The number of halogens is 1. The molecule has 0 saturated heterocycles. The van der Waals surface area contributed by atoms with Gasteiger partial charge in [0.2, 0.25) is 0 Å². The molecule has 152 valence electrons. The summed E-state index contributed by atoms with van der Waals surface area (Å²) in [4.78, 5) is 12.7. The molecular weight excluding hydrogens is 387 g/mol. The topological polar surface area (TPSA) is 82.2 Å². The maximum atomic E-state index is 13.0. The lowest BCUT2D eigenvalue weighted by Gasteiger charge is -2.06. The number of para-hydroxylation sites is 1. The molecule has 1 amide bonds. The van der Waals surface area contributed by atoms with Crippen LogP contribution in [0.4, 0.5) is 10.2 Å². The summed E-state index contributed by atoms with van der Waals surface area (Å²) >= 11 is 0. The third-order valence-electron chi connectivity index (χ3n) is 4.47. The van der Waals surface area contributed by atoms with Gasteiger partial charge in [-0.05, 0) is 36.8 Å². The molecule has 0 unspecified atom stereocenters. The van der Waals surface area contributed by atoms with Crippen LogP contribution in [0.3, 0.4) is 0 Å². The summed E-state index contributed by atoms with van der Waals surface area (Å²) in [5.74, 6) is 0.840. The molecule has 0 aliphatic heterocycles. The van der Waals surface area contributed by atoms with Crippen molar-refractivity contribution in [3.63, 3.8) is 0 Å². The molecule has 0 atom stereocenters. The highest BCUT2D eigenvalue weighted by molar-refractivity contribution is 6.03. The number of rotatable bonds is 7. The molecule has 2 heterocycles. The lowest BCUT2D eigenvalue weighted by atomic mass is 10.2. The van der Waals surface area contributed by atoms with Gasteiger partial charge in [0.25, 0.3) is 5.91 Å². The number of nitrogens with one attached hydrogen (secondary N) is 1. The zero-order valence-electron chi connectivity index (χ0n) is 16.2. The number of hydrogen-bond donors (Lipinski definition) is 1. The molecule has 2 aromatic carbocycles. The zero-order chi connectivity index (χ0) is 20.9. The zero-order valence-corrected chi connectivity index (χ0v) is 16.2. The van der Waals surface area contributed by atoms with Crippen LogP contribution in [0.25, 0.3) is 0 Å². The fourth-order valence-electron chi connectivity index (χ4n) is 2.88. The van der Waals surface area contributed by atoms with E-state index in [4.69, 9.17) is 9.26 Å². The maximum Gasteiger partial charge on any atom is 0.279 e. The number of ether oxygens (including phenoxy) is 1. The van der Waals surface area contributed by atoms with Gasteiger partial charge in [-0.3, -0.25) is 9.48 Å². The summed E-state index contributed by atoms with van der Waals surface area (Å²) in [6, 6.07) is 17.1. The predicted octanol–water partition coefficient (Wildman–Crippen LogP) is 4.20. The van der Waals surface area contributed by atoms with Crippen molar-refractivity contribution >= 4 is 11.7 Å². The highest BCUT2D eigenvalue weighted by atomic mass is 19.1. The molecule has 0 saturated carbocycles. The SMILES string of the molecule is Cc1onc(C(=O)Nc2ccn(Cc3ccc(F)cc3)n2)c1COc1ccccc1. The van der Waals surface area contributed by atoms with E-state index in [1.54, 1.807) is 36.0 Å². The summed E-state index contributed by atoms with van der Waals surface area (Å²) < 4.78 is 25.6. The smallest absolute Gasteiger partial charge is 0.279 e. The van der Waals surface area contributed by atoms with E-state index in [1.165, 1.54) is 12.1 Å². The molecule has 4 rings (SSSR count). The molecule has 0 spiro atoms. The quantitative estimate of drug-likeness (QED) is 0.497. The van der Waals surface area contributed by atoms with Gasteiger partial charge in [-0.2, -0.15) is 5.10 Å². The highest BCUT2D eigenvalue weighted by Crippen LogP contribution is 2.19. The van der Waals surface area contributed by atoms with Crippen LogP contribution in [0.15, 0.2) is 71.4 Å². The minimum absolute atomic E-state index is 0.150. The second-order valence-electron chi connectivity index (χ2n) is 6.65. The van der Waals surface area contributed by atoms with E-state index in [-0.39, 0.29) is 18.1 Å². The molecule has 8 heteroatoms. The molecule has 2 aromatic heterocycles. The van der Waals surface area contributed by atoms with Crippen LogP contribution >= 0.6 is 0 Å². The summed E-state index contributed by atoms with van der Waals surface area (Å²) in [6.07, 6.45) is 1.73. The Hall–Kier alpha value is -3.94. The molecule has 30 heavy (non-hydrogen) atoms. The van der Waals surface area contributed by atoms with E-state index in [9.17, 15) is 9.18 Å². The van der Waals surface area contributed by atoms with Gasteiger partial charge in [0.15, 0.2) is 11.5 Å². The van der Waals surface area contributed by atoms with E-state index in [0.717, 1.165) is 5.56 Å². The summed E-state index contributed by atoms with van der Waals surface area (Å²) in [5, 5.41) is 10.9. The average Bonchev–Trinajstić information content (AvgIpc) is 3.35. The summed E-state index contributed by atoms with van der Waals surface area (Å²) in [7, 11) is 0. The molecular formula is C22H19FN4O3. The number of nitrogens with zero attached hydrogens (tertiary/aromatic N) is 3. The molecule has 0 aliphatic rings. The Labute approximate surface area is 172 Å². The molecule has 0 radical (unpaired) electrons. The average molecular weight is 406 g/mol. The number of benzene rings is 2. The van der Waals surface area contributed by atoms with E-state index < -0.39 is 5.91 Å². The Bertz CT molecular complexity index is 1140. The Morgan fingerprint density at radius 2 is 1.90 bits per heavy atom.